The van der Waals surface area contributed by atoms with Crippen molar-refractivity contribution in [2.24, 2.45) is 27.9 Å². The molecule has 0 aliphatic rings. The quantitative estimate of drug-likeness (QED) is 0.0413. The van der Waals surface area contributed by atoms with Gasteiger partial charge in [0, 0.05) is 18.1 Å². The summed E-state index contributed by atoms with van der Waals surface area (Å²) in [5.74, 6) is -3.47. The molecule has 0 bridgehead atoms. The molecule has 15 heteroatoms. The highest BCUT2D eigenvalue weighted by Gasteiger charge is 2.29. The lowest BCUT2D eigenvalue weighted by Gasteiger charge is -2.23. The van der Waals surface area contributed by atoms with Crippen molar-refractivity contribution >= 4 is 54.9 Å². The highest BCUT2D eigenvalue weighted by atomic mass is 32.1. The lowest BCUT2D eigenvalue weighted by Crippen LogP contribution is -2.58. The first-order valence-electron chi connectivity index (χ1n) is 10.4. The van der Waals surface area contributed by atoms with Crippen LogP contribution in [0.5, 0.6) is 0 Å². The zero-order valence-corrected chi connectivity index (χ0v) is 20.2. The molecule has 33 heavy (non-hydrogen) atoms. The van der Waals surface area contributed by atoms with E-state index in [0.717, 1.165) is 6.42 Å². The van der Waals surface area contributed by atoms with Gasteiger partial charge in [-0.2, -0.15) is 25.3 Å². The number of rotatable bonds is 17. The van der Waals surface area contributed by atoms with E-state index >= 15 is 0 Å². The molecule has 13 nitrogen and oxygen atoms in total. The number of unbranched alkanes of at least 4 members (excludes halogenated alkanes) is 1. The molecule has 0 radical (unpaired) electrons. The fourth-order valence-corrected chi connectivity index (χ4v) is 3.13. The van der Waals surface area contributed by atoms with E-state index in [9.17, 15) is 24.3 Å². The number of hydrogen-bond donors (Lipinski definition) is 10. The van der Waals surface area contributed by atoms with Crippen LogP contribution < -0.4 is 38.9 Å². The first-order chi connectivity index (χ1) is 15.6. The fourth-order valence-electron chi connectivity index (χ4n) is 2.61. The Morgan fingerprint density at radius 3 is 1.79 bits per heavy atom. The SMILES string of the molecule is NCCCCC(N)C(=O)NC(CS)C(=O)NC(CS)C(=O)NC(CCCN=C(N)N)C(=O)O. The summed E-state index contributed by atoms with van der Waals surface area (Å²) in [4.78, 5) is 52.5. The van der Waals surface area contributed by atoms with Crippen molar-refractivity contribution in [1.82, 2.24) is 16.0 Å². The van der Waals surface area contributed by atoms with Crippen LogP contribution in [0, 0.1) is 0 Å². The molecular formula is C18H36N8O5S2. The Kier molecular flexibility index (Phi) is 16.1. The summed E-state index contributed by atoms with van der Waals surface area (Å²) in [5.41, 5.74) is 21.7. The van der Waals surface area contributed by atoms with Gasteiger partial charge < -0.3 is 44.0 Å². The topological polar surface area (TPSA) is 241 Å². The number of nitrogens with one attached hydrogen (secondary N) is 3. The third-order valence-electron chi connectivity index (χ3n) is 4.50. The Hall–Kier alpha value is -2.23. The molecule has 0 aromatic rings. The smallest absolute Gasteiger partial charge is 0.326 e. The van der Waals surface area contributed by atoms with E-state index < -0.39 is 47.9 Å². The highest BCUT2D eigenvalue weighted by Crippen LogP contribution is 2.02. The minimum atomic E-state index is -1.25. The number of aliphatic imine (C=N–C) groups is 1. The van der Waals surface area contributed by atoms with Crippen LogP contribution in [0.15, 0.2) is 4.99 Å². The maximum atomic E-state index is 12.6. The second-order valence-corrected chi connectivity index (χ2v) is 7.96. The number of hydrogen-bond acceptors (Lipinski definition) is 9. The second-order valence-electron chi connectivity index (χ2n) is 7.23. The molecule has 0 rings (SSSR count). The predicted molar refractivity (Wildman–Crippen MR) is 132 cm³/mol. The molecule has 0 aromatic carbocycles. The lowest BCUT2D eigenvalue weighted by atomic mass is 10.1. The molecule has 0 saturated carbocycles. The van der Waals surface area contributed by atoms with E-state index in [2.05, 4.69) is 46.2 Å². The van der Waals surface area contributed by atoms with Crippen molar-refractivity contribution in [3.63, 3.8) is 0 Å². The number of nitrogens with two attached hydrogens (primary N) is 4. The van der Waals surface area contributed by atoms with Gasteiger partial charge in [-0.1, -0.05) is 6.42 Å². The lowest BCUT2D eigenvalue weighted by molar-refractivity contribution is -0.142. The zero-order chi connectivity index (χ0) is 25.4. The Morgan fingerprint density at radius 2 is 1.33 bits per heavy atom. The number of carboxylic acids is 1. The van der Waals surface area contributed by atoms with Gasteiger partial charge in [-0.05, 0) is 32.2 Å². The molecule has 0 heterocycles. The molecule has 12 N–H and O–H groups in total. The van der Waals surface area contributed by atoms with Crippen molar-refractivity contribution in [3.8, 4) is 0 Å². The predicted octanol–water partition coefficient (Wildman–Crippen LogP) is -3.11. The van der Waals surface area contributed by atoms with Crippen LogP contribution >= 0.6 is 25.3 Å². The number of amides is 3. The molecule has 0 saturated heterocycles. The normalized spacial score (nSPS) is 14.3. The van der Waals surface area contributed by atoms with Gasteiger partial charge in [0.15, 0.2) is 5.96 Å². The number of nitrogens with zero attached hydrogens (tertiary/aromatic N) is 1. The van der Waals surface area contributed by atoms with Crippen LogP contribution in [0.2, 0.25) is 0 Å². The molecule has 190 valence electrons. The van der Waals surface area contributed by atoms with Crippen molar-refractivity contribution in [2.75, 3.05) is 24.6 Å². The fraction of sp³-hybridized carbons (Fsp3) is 0.722. The average molecular weight is 509 g/mol. The van der Waals surface area contributed by atoms with Crippen LogP contribution in [-0.2, 0) is 19.2 Å². The molecule has 0 spiro atoms. The summed E-state index contributed by atoms with van der Waals surface area (Å²) in [6.07, 6.45) is 2.18. The maximum absolute atomic E-state index is 12.6. The number of thiol groups is 2. The Balaban J connectivity index is 4.89. The third kappa shape index (κ3) is 13.2. The van der Waals surface area contributed by atoms with E-state index in [4.69, 9.17) is 22.9 Å². The van der Waals surface area contributed by atoms with Gasteiger partial charge >= 0.3 is 5.97 Å². The number of aliphatic carboxylic acids is 1. The Labute approximate surface area is 204 Å². The van der Waals surface area contributed by atoms with Gasteiger partial charge in [0.05, 0.1) is 6.04 Å². The van der Waals surface area contributed by atoms with Gasteiger partial charge in [-0.3, -0.25) is 19.4 Å². The third-order valence-corrected chi connectivity index (χ3v) is 5.23. The number of carbonyl (C=O) groups is 4. The van der Waals surface area contributed by atoms with Gasteiger partial charge in [-0.25, -0.2) is 4.79 Å². The number of guanidine groups is 1. The Morgan fingerprint density at radius 1 is 0.818 bits per heavy atom. The summed E-state index contributed by atoms with van der Waals surface area (Å²) < 4.78 is 0. The van der Waals surface area contributed by atoms with Crippen LogP contribution in [0.1, 0.15) is 32.1 Å². The van der Waals surface area contributed by atoms with Gasteiger partial charge in [0.2, 0.25) is 17.7 Å². The molecule has 4 atom stereocenters. The van der Waals surface area contributed by atoms with Gasteiger partial charge in [0.25, 0.3) is 0 Å². The summed E-state index contributed by atoms with van der Waals surface area (Å²) >= 11 is 8.13. The summed E-state index contributed by atoms with van der Waals surface area (Å²) in [5, 5.41) is 16.6. The van der Waals surface area contributed by atoms with Crippen molar-refractivity contribution < 1.29 is 24.3 Å². The molecule has 0 aliphatic carbocycles. The molecular weight excluding hydrogens is 472 g/mol. The van der Waals surface area contributed by atoms with Crippen LogP contribution in [0.25, 0.3) is 0 Å². The van der Waals surface area contributed by atoms with E-state index in [1.165, 1.54) is 0 Å². The van der Waals surface area contributed by atoms with Crippen LogP contribution in [0.3, 0.4) is 0 Å². The molecule has 4 unspecified atom stereocenters. The Bertz CT molecular complexity index is 678. The van der Waals surface area contributed by atoms with E-state index in [1.54, 1.807) is 0 Å². The summed E-state index contributed by atoms with van der Waals surface area (Å²) in [6.45, 7) is 0.689. The van der Waals surface area contributed by atoms with Gasteiger partial charge in [0.1, 0.15) is 18.1 Å². The van der Waals surface area contributed by atoms with Crippen molar-refractivity contribution in [1.29, 1.82) is 0 Å². The standard InChI is InChI=1S/C18H36N8O5S2/c19-6-2-1-4-10(20)14(27)25-12(8-32)16(29)26-13(9-33)15(28)24-11(17(30)31)5-3-7-23-18(21)22/h10-13,32-33H,1-9,19-20H2,(H,24,28)(H,25,27)(H,26,29)(H,30,31)(H4,21,22,23). The number of carbonyl (C=O) groups excluding carboxylic acids is 3. The minimum Gasteiger partial charge on any atom is -0.480 e. The first-order valence-corrected chi connectivity index (χ1v) is 11.7. The first kappa shape index (κ1) is 30.8. The monoisotopic (exact) mass is 508 g/mol. The van der Waals surface area contributed by atoms with Crippen molar-refractivity contribution in [3.05, 3.63) is 0 Å². The maximum Gasteiger partial charge on any atom is 0.326 e. The molecule has 3 amide bonds. The van der Waals surface area contributed by atoms with Gasteiger partial charge in [-0.15, -0.1) is 0 Å². The number of carboxylic acid groups (broad SMARTS) is 1. The molecule has 0 aliphatic heterocycles. The molecule has 0 fully saturated rings. The van der Waals surface area contributed by atoms with Crippen LogP contribution in [-0.4, -0.2) is 83.5 Å². The second kappa shape index (κ2) is 17.3. The molecule has 0 aromatic heterocycles. The largest absolute Gasteiger partial charge is 0.480 e. The van der Waals surface area contributed by atoms with E-state index in [1.807, 2.05) is 0 Å². The summed E-state index contributed by atoms with van der Waals surface area (Å²) in [7, 11) is 0. The summed E-state index contributed by atoms with van der Waals surface area (Å²) in [6, 6.07) is -4.21. The van der Waals surface area contributed by atoms with E-state index in [-0.39, 0.29) is 30.4 Å². The zero-order valence-electron chi connectivity index (χ0n) is 18.4. The van der Waals surface area contributed by atoms with Crippen molar-refractivity contribution in [2.45, 2.75) is 56.3 Å². The minimum absolute atomic E-state index is 0.0451. The van der Waals surface area contributed by atoms with E-state index in [0.29, 0.717) is 25.8 Å². The highest BCUT2D eigenvalue weighted by molar-refractivity contribution is 7.80. The average Bonchev–Trinajstić information content (AvgIpc) is 2.76. The van der Waals surface area contributed by atoms with Crippen LogP contribution in [0.4, 0.5) is 0 Å².